The molecule has 1 aromatic heterocycles. The fraction of sp³-hybridized carbons (Fsp3) is 0. The van der Waals surface area contributed by atoms with E-state index in [1.807, 2.05) is 6.07 Å². The van der Waals surface area contributed by atoms with Gasteiger partial charge >= 0.3 is 0 Å². The highest BCUT2D eigenvalue weighted by Crippen LogP contribution is 2.35. The predicted molar refractivity (Wildman–Crippen MR) is 103 cm³/mol. The third-order valence-corrected chi connectivity index (χ3v) is 4.88. The molecule has 0 unspecified atom stereocenters. The van der Waals surface area contributed by atoms with Crippen molar-refractivity contribution in [3.63, 3.8) is 0 Å². The summed E-state index contributed by atoms with van der Waals surface area (Å²) in [5, 5.41) is 5.67. The summed E-state index contributed by atoms with van der Waals surface area (Å²) < 4.78 is 2.34. The molecule has 0 aliphatic carbocycles. The van der Waals surface area contributed by atoms with Crippen LogP contribution in [0.5, 0.6) is 0 Å². The lowest BCUT2D eigenvalue weighted by Gasteiger charge is -2.11. The summed E-state index contributed by atoms with van der Waals surface area (Å²) in [6.45, 7) is 0. The second kappa shape index (κ2) is 5.12. The predicted octanol–water partition coefficient (Wildman–Crippen LogP) is 6.59. The molecule has 4 aromatic carbocycles. The minimum atomic E-state index is 0.767. The van der Waals surface area contributed by atoms with E-state index >= 15 is 0 Å². The van der Waals surface area contributed by atoms with Crippen LogP contribution in [0.1, 0.15) is 0 Å². The van der Waals surface area contributed by atoms with Gasteiger partial charge in [0, 0.05) is 21.2 Å². The maximum absolute atomic E-state index is 6.26. The molecule has 0 aliphatic rings. The number of halogens is 1. The first kappa shape index (κ1) is 13.6. The van der Waals surface area contributed by atoms with Crippen molar-refractivity contribution >= 4 is 44.2 Å². The third kappa shape index (κ3) is 1.88. The van der Waals surface area contributed by atoms with Crippen molar-refractivity contribution in [2.45, 2.75) is 0 Å². The van der Waals surface area contributed by atoms with Gasteiger partial charge in [0.05, 0.1) is 16.7 Å². The monoisotopic (exact) mass is 327 g/mol. The van der Waals surface area contributed by atoms with Crippen LogP contribution in [-0.2, 0) is 0 Å². The van der Waals surface area contributed by atoms with Gasteiger partial charge in [-0.05, 0) is 35.7 Å². The number of hydrogen-bond donors (Lipinski definition) is 0. The molecule has 1 nitrogen and oxygen atoms in total. The second-order valence-corrected chi connectivity index (χ2v) is 6.45. The molecule has 24 heavy (non-hydrogen) atoms. The molecule has 0 radical (unpaired) electrons. The smallest absolute Gasteiger partial charge is 0.0542 e. The van der Waals surface area contributed by atoms with E-state index in [1.54, 1.807) is 0 Å². The molecule has 5 rings (SSSR count). The van der Waals surface area contributed by atoms with Crippen molar-refractivity contribution in [2.75, 3.05) is 0 Å². The lowest BCUT2D eigenvalue weighted by atomic mass is 10.1. The molecule has 0 atom stereocenters. The summed E-state index contributed by atoms with van der Waals surface area (Å²) in [5.74, 6) is 0. The van der Waals surface area contributed by atoms with E-state index in [4.69, 9.17) is 11.6 Å². The Balaban J connectivity index is 2.01. The minimum Gasteiger partial charge on any atom is -0.309 e. The molecule has 0 N–H and O–H groups in total. The van der Waals surface area contributed by atoms with E-state index < -0.39 is 0 Å². The normalized spacial score (nSPS) is 11.5. The summed E-state index contributed by atoms with van der Waals surface area (Å²) in [6.07, 6.45) is 0. The van der Waals surface area contributed by atoms with Crippen LogP contribution in [0.2, 0.25) is 5.02 Å². The van der Waals surface area contributed by atoms with Crippen molar-refractivity contribution in [1.82, 2.24) is 4.57 Å². The van der Waals surface area contributed by atoms with Crippen LogP contribution in [-0.4, -0.2) is 4.57 Å². The molecule has 0 aliphatic heterocycles. The van der Waals surface area contributed by atoms with Gasteiger partial charge in [0.1, 0.15) is 0 Å². The van der Waals surface area contributed by atoms with Gasteiger partial charge in [0.2, 0.25) is 0 Å². The van der Waals surface area contributed by atoms with Crippen molar-refractivity contribution < 1.29 is 0 Å². The van der Waals surface area contributed by atoms with Gasteiger partial charge in [-0.25, -0.2) is 0 Å². The van der Waals surface area contributed by atoms with E-state index in [2.05, 4.69) is 83.4 Å². The van der Waals surface area contributed by atoms with Crippen molar-refractivity contribution in [2.24, 2.45) is 0 Å². The Kier molecular flexibility index (Phi) is 2.91. The van der Waals surface area contributed by atoms with Crippen molar-refractivity contribution in [3.05, 3.63) is 90.0 Å². The van der Waals surface area contributed by atoms with Crippen LogP contribution in [0, 0.1) is 0 Å². The molecule has 5 aromatic rings. The summed E-state index contributed by atoms with van der Waals surface area (Å²) in [4.78, 5) is 0. The quantitative estimate of drug-likeness (QED) is 0.327. The lowest BCUT2D eigenvalue weighted by Crippen LogP contribution is -1.94. The third-order valence-electron chi connectivity index (χ3n) is 4.64. The first-order chi connectivity index (χ1) is 11.8. The molecule has 0 saturated carbocycles. The number of nitrogens with zero attached hydrogens (tertiary/aromatic N) is 1. The first-order valence-corrected chi connectivity index (χ1v) is 8.37. The number of para-hydroxylation sites is 1. The van der Waals surface area contributed by atoms with Crippen LogP contribution < -0.4 is 0 Å². The van der Waals surface area contributed by atoms with E-state index in [0.29, 0.717) is 0 Å². The molecule has 2 heteroatoms. The average molecular weight is 328 g/mol. The van der Waals surface area contributed by atoms with E-state index in [9.17, 15) is 0 Å². The largest absolute Gasteiger partial charge is 0.309 e. The van der Waals surface area contributed by atoms with Crippen LogP contribution in [0.3, 0.4) is 0 Å². The Morgan fingerprint density at radius 1 is 0.583 bits per heavy atom. The standard InChI is InChI=1S/C22H14ClN/c23-16-12-13-22-19(14-16)18-9-3-4-10-21(18)24(22)20-11-5-7-15-6-1-2-8-17(15)20/h1-14H. The molecule has 0 spiro atoms. The maximum atomic E-state index is 6.26. The molecule has 0 amide bonds. The highest BCUT2D eigenvalue weighted by Gasteiger charge is 2.13. The SMILES string of the molecule is Clc1ccc2c(c1)c1ccccc1n2-c1cccc2ccccc12. The molecule has 114 valence electrons. The van der Waals surface area contributed by atoms with E-state index in [0.717, 1.165) is 5.02 Å². The Hall–Kier alpha value is -2.77. The van der Waals surface area contributed by atoms with Crippen molar-refractivity contribution in [1.29, 1.82) is 0 Å². The van der Waals surface area contributed by atoms with Gasteiger partial charge in [-0.3, -0.25) is 0 Å². The zero-order valence-corrected chi connectivity index (χ0v) is 13.7. The Bertz CT molecular complexity index is 1210. The topological polar surface area (TPSA) is 4.93 Å². The zero-order chi connectivity index (χ0) is 16.1. The van der Waals surface area contributed by atoms with Gasteiger partial charge in [-0.15, -0.1) is 0 Å². The molecule has 0 saturated heterocycles. The molecule has 0 fully saturated rings. The highest BCUT2D eigenvalue weighted by molar-refractivity contribution is 6.32. The van der Waals surface area contributed by atoms with E-state index in [-0.39, 0.29) is 0 Å². The van der Waals surface area contributed by atoms with Gasteiger partial charge in [-0.1, -0.05) is 66.2 Å². The number of benzene rings is 4. The van der Waals surface area contributed by atoms with Crippen LogP contribution >= 0.6 is 11.6 Å². The second-order valence-electron chi connectivity index (χ2n) is 6.01. The van der Waals surface area contributed by atoms with Crippen molar-refractivity contribution in [3.8, 4) is 5.69 Å². The minimum absolute atomic E-state index is 0.767. The highest BCUT2D eigenvalue weighted by atomic mass is 35.5. The van der Waals surface area contributed by atoms with Crippen LogP contribution in [0.25, 0.3) is 38.3 Å². The molecular weight excluding hydrogens is 314 g/mol. The van der Waals surface area contributed by atoms with Gasteiger partial charge < -0.3 is 4.57 Å². The number of fused-ring (bicyclic) bond motifs is 4. The fourth-order valence-electron chi connectivity index (χ4n) is 3.61. The van der Waals surface area contributed by atoms with E-state index in [1.165, 1.54) is 38.3 Å². The van der Waals surface area contributed by atoms with Crippen LogP contribution in [0.4, 0.5) is 0 Å². The number of rotatable bonds is 1. The van der Waals surface area contributed by atoms with Gasteiger partial charge in [0.25, 0.3) is 0 Å². The van der Waals surface area contributed by atoms with Gasteiger partial charge in [-0.2, -0.15) is 0 Å². The summed E-state index contributed by atoms with van der Waals surface area (Å²) in [5.41, 5.74) is 3.57. The lowest BCUT2D eigenvalue weighted by molar-refractivity contribution is 1.20. The maximum Gasteiger partial charge on any atom is 0.0542 e. The number of aromatic nitrogens is 1. The fourth-order valence-corrected chi connectivity index (χ4v) is 3.78. The van der Waals surface area contributed by atoms with Gasteiger partial charge in [0.15, 0.2) is 0 Å². The molecule has 0 bridgehead atoms. The Morgan fingerprint density at radius 2 is 1.29 bits per heavy atom. The molecule has 1 heterocycles. The van der Waals surface area contributed by atoms with Crippen LogP contribution in [0.15, 0.2) is 84.9 Å². The number of hydrogen-bond acceptors (Lipinski definition) is 0. The summed E-state index contributed by atoms with van der Waals surface area (Å²) in [6, 6.07) is 29.6. The first-order valence-electron chi connectivity index (χ1n) is 8.00. The zero-order valence-electron chi connectivity index (χ0n) is 12.9. The Morgan fingerprint density at radius 3 is 2.21 bits per heavy atom. The summed E-state index contributed by atoms with van der Waals surface area (Å²) in [7, 11) is 0. The Labute approximate surface area is 144 Å². The molecular formula is C22H14ClN. The average Bonchev–Trinajstić information content (AvgIpc) is 2.95. The summed E-state index contributed by atoms with van der Waals surface area (Å²) >= 11 is 6.26.